The van der Waals surface area contributed by atoms with Gasteiger partial charge in [-0.1, -0.05) is 37.6 Å². The summed E-state index contributed by atoms with van der Waals surface area (Å²) in [6.07, 6.45) is 5.22. The second kappa shape index (κ2) is 8.72. The minimum absolute atomic E-state index is 0.0265. The molecule has 23 heavy (non-hydrogen) atoms. The highest BCUT2D eigenvalue weighted by atomic mass is 32.2. The van der Waals surface area contributed by atoms with Crippen molar-refractivity contribution in [2.24, 2.45) is 0 Å². The van der Waals surface area contributed by atoms with Crippen LogP contribution in [0.2, 0.25) is 0 Å². The first-order valence-electron chi connectivity index (χ1n) is 7.98. The van der Waals surface area contributed by atoms with Crippen molar-refractivity contribution in [2.45, 2.75) is 51.7 Å². The zero-order valence-corrected chi connectivity index (χ0v) is 14.8. The lowest BCUT2D eigenvalue weighted by Crippen LogP contribution is -2.14. The number of amides is 1. The molecule has 2 rings (SSSR count). The van der Waals surface area contributed by atoms with Gasteiger partial charge in [0, 0.05) is 12.2 Å². The van der Waals surface area contributed by atoms with Gasteiger partial charge in [0.2, 0.25) is 5.91 Å². The van der Waals surface area contributed by atoms with Gasteiger partial charge in [-0.25, -0.2) is 0 Å². The van der Waals surface area contributed by atoms with Crippen molar-refractivity contribution < 1.29 is 4.79 Å². The topological polar surface area (TPSA) is 59.8 Å². The van der Waals surface area contributed by atoms with Gasteiger partial charge in [0.1, 0.15) is 6.33 Å². The van der Waals surface area contributed by atoms with Crippen LogP contribution in [0, 0.1) is 13.8 Å². The lowest BCUT2D eigenvalue weighted by molar-refractivity contribution is -0.113. The molecule has 5 nitrogen and oxygen atoms in total. The molecule has 6 heteroatoms. The van der Waals surface area contributed by atoms with E-state index in [-0.39, 0.29) is 5.91 Å². The highest BCUT2D eigenvalue weighted by Gasteiger charge is 2.09. The maximum absolute atomic E-state index is 12.1. The van der Waals surface area contributed by atoms with E-state index < -0.39 is 0 Å². The Morgan fingerprint density at radius 2 is 2.09 bits per heavy atom. The average Bonchev–Trinajstić information content (AvgIpc) is 2.97. The Bertz CT molecular complexity index is 654. The number of rotatable bonds is 8. The van der Waals surface area contributed by atoms with Crippen LogP contribution >= 0.6 is 11.8 Å². The quantitative estimate of drug-likeness (QED) is 0.590. The number of hydrogen-bond acceptors (Lipinski definition) is 4. The zero-order chi connectivity index (χ0) is 16.7. The number of carbonyl (C=O) groups excluding carboxylic acids is 1. The standard InChI is InChI=1S/C17H24N4OS/c1-4-5-6-9-21-12-18-20-17(21)23-11-16(22)19-15-8-7-13(2)14(3)10-15/h7-8,10,12H,4-6,9,11H2,1-3H3,(H,19,22). The van der Waals surface area contributed by atoms with Crippen LogP contribution in [0.4, 0.5) is 5.69 Å². The molecule has 0 bridgehead atoms. The minimum Gasteiger partial charge on any atom is -0.325 e. The summed E-state index contributed by atoms with van der Waals surface area (Å²) < 4.78 is 2.02. The van der Waals surface area contributed by atoms with Gasteiger partial charge >= 0.3 is 0 Å². The van der Waals surface area contributed by atoms with Crippen LogP contribution in [0.15, 0.2) is 29.7 Å². The normalized spacial score (nSPS) is 10.7. The second-order valence-electron chi connectivity index (χ2n) is 5.65. The molecule has 1 aromatic heterocycles. The number of nitrogens with zero attached hydrogens (tertiary/aromatic N) is 3. The number of hydrogen-bond donors (Lipinski definition) is 1. The highest BCUT2D eigenvalue weighted by molar-refractivity contribution is 7.99. The molecule has 0 unspecified atom stereocenters. The van der Waals surface area contributed by atoms with Gasteiger partial charge in [-0.3, -0.25) is 4.79 Å². The maximum Gasteiger partial charge on any atom is 0.234 e. The van der Waals surface area contributed by atoms with Crippen molar-refractivity contribution in [1.82, 2.24) is 14.8 Å². The molecule has 1 heterocycles. The first-order chi connectivity index (χ1) is 11.1. The van der Waals surface area contributed by atoms with Crippen molar-refractivity contribution >= 4 is 23.4 Å². The first kappa shape index (κ1) is 17.5. The Labute approximate surface area is 141 Å². The minimum atomic E-state index is -0.0265. The fraction of sp³-hybridized carbons (Fsp3) is 0.471. The van der Waals surface area contributed by atoms with Crippen LogP contribution in [0.1, 0.15) is 37.3 Å². The van der Waals surface area contributed by atoms with Crippen molar-refractivity contribution in [2.75, 3.05) is 11.1 Å². The molecule has 0 fully saturated rings. The zero-order valence-electron chi connectivity index (χ0n) is 14.0. The molecule has 0 atom stereocenters. The van der Waals surface area contributed by atoms with Crippen molar-refractivity contribution in [1.29, 1.82) is 0 Å². The third kappa shape index (κ3) is 5.39. The van der Waals surface area contributed by atoms with E-state index >= 15 is 0 Å². The van der Waals surface area contributed by atoms with E-state index in [2.05, 4.69) is 29.4 Å². The van der Waals surface area contributed by atoms with Crippen LogP contribution in [0.25, 0.3) is 0 Å². The fourth-order valence-electron chi connectivity index (χ4n) is 2.19. The number of aryl methyl sites for hydroxylation is 3. The molecule has 1 amide bonds. The summed E-state index contributed by atoms with van der Waals surface area (Å²) in [7, 11) is 0. The van der Waals surface area contributed by atoms with Crippen molar-refractivity contribution in [3.05, 3.63) is 35.7 Å². The molecule has 1 N–H and O–H groups in total. The number of nitrogens with one attached hydrogen (secondary N) is 1. The highest BCUT2D eigenvalue weighted by Crippen LogP contribution is 2.18. The van der Waals surface area contributed by atoms with Gasteiger partial charge in [-0.2, -0.15) is 0 Å². The molecular weight excluding hydrogens is 308 g/mol. The van der Waals surface area contributed by atoms with E-state index in [4.69, 9.17) is 0 Å². The number of benzene rings is 1. The molecule has 2 aromatic rings. The van der Waals surface area contributed by atoms with E-state index in [9.17, 15) is 4.79 Å². The summed E-state index contributed by atoms with van der Waals surface area (Å²) >= 11 is 1.42. The van der Waals surface area contributed by atoms with Crippen LogP contribution in [0.5, 0.6) is 0 Å². The molecule has 0 saturated heterocycles. The predicted molar refractivity (Wildman–Crippen MR) is 94.8 cm³/mol. The summed E-state index contributed by atoms with van der Waals surface area (Å²) in [5.74, 6) is 0.306. The summed E-state index contributed by atoms with van der Waals surface area (Å²) in [6, 6.07) is 5.94. The van der Waals surface area contributed by atoms with E-state index in [0.717, 1.165) is 23.8 Å². The molecular formula is C17H24N4OS. The third-order valence-corrected chi connectivity index (χ3v) is 4.69. The van der Waals surface area contributed by atoms with E-state index in [1.165, 1.54) is 35.7 Å². The number of anilines is 1. The Hall–Kier alpha value is -1.82. The van der Waals surface area contributed by atoms with Gasteiger partial charge in [0.05, 0.1) is 5.75 Å². The summed E-state index contributed by atoms with van der Waals surface area (Å²) in [4.78, 5) is 12.1. The van der Waals surface area contributed by atoms with E-state index in [1.54, 1.807) is 6.33 Å². The van der Waals surface area contributed by atoms with Gasteiger partial charge < -0.3 is 9.88 Å². The van der Waals surface area contributed by atoms with E-state index in [1.807, 2.05) is 29.7 Å². The Morgan fingerprint density at radius 1 is 1.26 bits per heavy atom. The van der Waals surface area contributed by atoms with Gasteiger partial charge in [0.15, 0.2) is 5.16 Å². The lowest BCUT2D eigenvalue weighted by atomic mass is 10.1. The van der Waals surface area contributed by atoms with Crippen LogP contribution in [-0.4, -0.2) is 26.4 Å². The molecule has 0 spiro atoms. The Morgan fingerprint density at radius 3 is 2.83 bits per heavy atom. The van der Waals surface area contributed by atoms with Crippen LogP contribution < -0.4 is 5.32 Å². The molecule has 0 saturated carbocycles. The monoisotopic (exact) mass is 332 g/mol. The molecule has 0 aliphatic carbocycles. The largest absolute Gasteiger partial charge is 0.325 e. The summed E-state index contributed by atoms with van der Waals surface area (Å²) in [5, 5.41) is 11.8. The number of thioether (sulfide) groups is 1. The average molecular weight is 332 g/mol. The first-order valence-corrected chi connectivity index (χ1v) is 8.96. The summed E-state index contributed by atoms with van der Waals surface area (Å²) in [6.45, 7) is 7.18. The molecule has 0 aliphatic rings. The molecule has 0 aliphatic heterocycles. The predicted octanol–water partition coefficient (Wildman–Crippen LogP) is 3.82. The van der Waals surface area contributed by atoms with Gasteiger partial charge in [-0.05, 0) is 43.5 Å². The molecule has 1 aromatic carbocycles. The SMILES string of the molecule is CCCCCn1cnnc1SCC(=O)Nc1ccc(C)c(C)c1. The van der Waals surface area contributed by atoms with Crippen molar-refractivity contribution in [3.8, 4) is 0 Å². The van der Waals surface area contributed by atoms with E-state index in [0.29, 0.717) is 5.75 Å². The number of carbonyl (C=O) groups is 1. The Balaban J connectivity index is 1.84. The van der Waals surface area contributed by atoms with Gasteiger partial charge in [-0.15, -0.1) is 10.2 Å². The lowest BCUT2D eigenvalue weighted by Gasteiger charge is -2.08. The Kier molecular flexibility index (Phi) is 6.65. The second-order valence-corrected chi connectivity index (χ2v) is 6.59. The number of aromatic nitrogens is 3. The van der Waals surface area contributed by atoms with Crippen LogP contribution in [-0.2, 0) is 11.3 Å². The molecule has 124 valence electrons. The van der Waals surface area contributed by atoms with Crippen molar-refractivity contribution in [3.63, 3.8) is 0 Å². The maximum atomic E-state index is 12.1. The summed E-state index contributed by atoms with van der Waals surface area (Å²) in [5.41, 5.74) is 3.23. The molecule has 0 radical (unpaired) electrons. The van der Waals surface area contributed by atoms with Crippen LogP contribution in [0.3, 0.4) is 0 Å². The third-order valence-electron chi connectivity index (χ3n) is 3.71. The number of unbranched alkanes of at least 4 members (excludes halogenated alkanes) is 2. The fourth-order valence-corrected chi connectivity index (χ4v) is 2.93. The smallest absolute Gasteiger partial charge is 0.234 e. The van der Waals surface area contributed by atoms with Gasteiger partial charge in [0.25, 0.3) is 0 Å².